The Kier molecular flexibility index (Phi) is 3.34. The smallest absolute Gasteiger partial charge is 0.329 e. The van der Waals surface area contributed by atoms with Crippen LogP contribution in [0.3, 0.4) is 0 Å². The predicted molar refractivity (Wildman–Crippen MR) is 70.3 cm³/mol. The molecule has 1 saturated carbocycles. The molecule has 0 aromatic carbocycles. The molecule has 0 spiro atoms. The van der Waals surface area contributed by atoms with Crippen LogP contribution in [0.15, 0.2) is 0 Å². The first kappa shape index (κ1) is 13.9. The van der Waals surface area contributed by atoms with Crippen LogP contribution in [-0.4, -0.2) is 32.1 Å². The van der Waals surface area contributed by atoms with Crippen molar-refractivity contribution in [3.63, 3.8) is 0 Å². The van der Waals surface area contributed by atoms with Crippen LogP contribution in [0.1, 0.15) is 55.4 Å². The van der Waals surface area contributed by atoms with E-state index in [0.717, 1.165) is 18.0 Å². The molecular weight excluding hydrogens is 266 g/mol. The van der Waals surface area contributed by atoms with Gasteiger partial charge in [-0.15, -0.1) is 5.10 Å². The molecule has 104 valence electrons. The van der Waals surface area contributed by atoms with Crippen molar-refractivity contribution in [2.75, 3.05) is 0 Å². The van der Waals surface area contributed by atoms with Gasteiger partial charge in [0.05, 0.1) is 5.69 Å². The van der Waals surface area contributed by atoms with Gasteiger partial charge in [-0.2, -0.15) is 0 Å². The summed E-state index contributed by atoms with van der Waals surface area (Å²) in [6.07, 6.45) is 1.77. The Morgan fingerprint density at radius 2 is 2.00 bits per heavy atom. The average Bonchev–Trinajstić information content (AvgIpc) is 2.70. The maximum absolute atomic E-state index is 12.2. The van der Waals surface area contributed by atoms with Crippen molar-refractivity contribution in [3.8, 4) is 0 Å². The Balaban J connectivity index is 2.22. The molecule has 1 aromatic rings. The second-order valence-corrected chi connectivity index (χ2v) is 6.65. The normalized spacial score (nSPS) is 17.6. The van der Waals surface area contributed by atoms with Gasteiger partial charge >= 0.3 is 5.97 Å². The number of amides is 1. The van der Waals surface area contributed by atoms with E-state index in [2.05, 4.69) is 14.9 Å². The molecule has 1 fully saturated rings. The molecule has 2 rings (SSSR count). The summed E-state index contributed by atoms with van der Waals surface area (Å²) < 4.78 is 3.81. The standard InChI is InChI=1S/C12H17N3O3S/c1-11(2,3)8-7(19-15-14-8)9(16)13-12(10(17)18)5-4-6-12/h4-6H2,1-3H3,(H,13,16)(H,17,18). The lowest BCUT2D eigenvalue weighted by molar-refractivity contribution is -0.148. The van der Waals surface area contributed by atoms with E-state index in [1.807, 2.05) is 20.8 Å². The topological polar surface area (TPSA) is 92.2 Å². The Bertz CT molecular complexity index is 515. The molecule has 7 heteroatoms. The van der Waals surface area contributed by atoms with Crippen LogP contribution >= 0.6 is 11.5 Å². The van der Waals surface area contributed by atoms with Crippen molar-refractivity contribution in [2.24, 2.45) is 0 Å². The first-order chi connectivity index (χ1) is 8.76. The molecule has 19 heavy (non-hydrogen) atoms. The highest BCUT2D eigenvalue weighted by Gasteiger charge is 2.46. The van der Waals surface area contributed by atoms with Gasteiger partial charge in [-0.3, -0.25) is 4.79 Å². The highest BCUT2D eigenvalue weighted by molar-refractivity contribution is 7.08. The lowest BCUT2D eigenvalue weighted by atomic mass is 9.76. The molecule has 0 radical (unpaired) electrons. The fraction of sp³-hybridized carbons (Fsp3) is 0.667. The molecule has 0 bridgehead atoms. The van der Waals surface area contributed by atoms with Gasteiger partial charge in [0.25, 0.3) is 5.91 Å². The van der Waals surface area contributed by atoms with Gasteiger partial charge in [0.15, 0.2) is 0 Å². The second kappa shape index (κ2) is 4.56. The highest BCUT2D eigenvalue weighted by atomic mass is 32.1. The van der Waals surface area contributed by atoms with Gasteiger partial charge in [-0.1, -0.05) is 25.3 Å². The molecule has 1 heterocycles. The minimum atomic E-state index is -1.10. The van der Waals surface area contributed by atoms with E-state index >= 15 is 0 Å². The number of rotatable bonds is 3. The number of aromatic nitrogens is 2. The first-order valence-corrected chi connectivity index (χ1v) is 6.92. The maximum atomic E-state index is 12.2. The van der Waals surface area contributed by atoms with Crippen molar-refractivity contribution >= 4 is 23.4 Å². The van der Waals surface area contributed by atoms with Crippen molar-refractivity contribution in [1.82, 2.24) is 14.9 Å². The van der Waals surface area contributed by atoms with E-state index in [4.69, 9.17) is 0 Å². The van der Waals surface area contributed by atoms with Gasteiger partial charge in [0.2, 0.25) is 0 Å². The van der Waals surface area contributed by atoms with Gasteiger partial charge in [0, 0.05) is 5.41 Å². The van der Waals surface area contributed by atoms with Crippen LogP contribution in [0.25, 0.3) is 0 Å². The van der Waals surface area contributed by atoms with Gasteiger partial charge in [0.1, 0.15) is 10.4 Å². The van der Waals surface area contributed by atoms with Crippen LogP contribution in [0.2, 0.25) is 0 Å². The van der Waals surface area contributed by atoms with Crippen LogP contribution in [0.5, 0.6) is 0 Å². The Labute approximate surface area is 115 Å². The van der Waals surface area contributed by atoms with Crippen molar-refractivity contribution in [2.45, 2.75) is 51.0 Å². The summed E-state index contributed by atoms with van der Waals surface area (Å²) in [6.45, 7) is 5.82. The number of nitrogens with one attached hydrogen (secondary N) is 1. The summed E-state index contributed by atoms with van der Waals surface area (Å²) in [4.78, 5) is 23.9. The number of carboxylic acid groups (broad SMARTS) is 1. The lowest BCUT2D eigenvalue weighted by Crippen LogP contribution is -2.59. The van der Waals surface area contributed by atoms with Crippen molar-refractivity contribution < 1.29 is 14.7 Å². The molecule has 0 saturated heterocycles. The third-order valence-electron chi connectivity index (χ3n) is 3.37. The first-order valence-electron chi connectivity index (χ1n) is 6.15. The van der Waals surface area contributed by atoms with Crippen LogP contribution in [0, 0.1) is 0 Å². The quantitative estimate of drug-likeness (QED) is 0.878. The minimum absolute atomic E-state index is 0.296. The monoisotopic (exact) mass is 283 g/mol. The fourth-order valence-corrected chi connectivity index (χ4v) is 2.80. The lowest BCUT2D eigenvalue weighted by Gasteiger charge is -2.38. The number of aliphatic carboxylic acids is 1. The van der Waals surface area contributed by atoms with Gasteiger partial charge in [-0.05, 0) is 30.8 Å². The number of carbonyl (C=O) groups is 2. The number of hydrogen-bond acceptors (Lipinski definition) is 5. The van der Waals surface area contributed by atoms with Crippen molar-refractivity contribution in [3.05, 3.63) is 10.6 Å². The maximum Gasteiger partial charge on any atom is 0.329 e. The van der Waals surface area contributed by atoms with Gasteiger partial charge < -0.3 is 10.4 Å². The molecule has 6 nitrogen and oxygen atoms in total. The molecular formula is C12H17N3O3S. The largest absolute Gasteiger partial charge is 0.480 e. The molecule has 1 aliphatic carbocycles. The molecule has 2 N–H and O–H groups in total. The number of hydrogen-bond donors (Lipinski definition) is 2. The summed E-state index contributed by atoms with van der Waals surface area (Å²) in [7, 11) is 0. The van der Waals surface area contributed by atoms with E-state index in [1.165, 1.54) is 0 Å². The molecule has 0 aliphatic heterocycles. The molecule has 0 unspecified atom stereocenters. The van der Waals surface area contributed by atoms with E-state index in [9.17, 15) is 14.7 Å². The zero-order valence-electron chi connectivity index (χ0n) is 11.2. The van der Waals surface area contributed by atoms with Crippen LogP contribution < -0.4 is 5.32 Å². The van der Waals surface area contributed by atoms with E-state index in [-0.39, 0.29) is 11.3 Å². The fourth-order valence-electron chi connectivity index (χ4n) is 2.03. The molecule has 0 atom stereocenters. The Morgan fingerprint density at radius 1 is 1.37 bits per heavy atom. The van der Waals surface area contributed by atoms with E-state index in [1.54, 1.807) is 0 Å². The third-order valence-corrected chi connectivity index (χ3v) is 4.10. The number of carbonyl (C=O) groups excluding carboxylic acids is 1. The molecule has 1 amide bonds. The predicted octanol–water partition coefficient (Wildman–Crippen LogP) is 1.57. The van der Waals surface area contributed by atoms with Crippen LogP contribution in [-0.2, 0) is 10.2 Å². The zero-order valence-corrected chi connectivity index (χ0v) is 12.0. The van der Waals surface area contributed by atoms with Crippen LogP contribution in [0.4, 0.5) is 0 Å². The summed E-state index contributed by atoms with van der Waals surface area (Å²) in [6, 6.07) is 0. The average molecular weight is 283 g/mol. The minimum Gasteiger partial charge on any atom is -0.480 e. The molecule has 1 aliphatic rings. The van der Waals surface area contributed by atoms with E-state index < -0.39 is 11.5 Å². The molecule has 1 aromatic heterocycles. The Morgan fingerprint density at radius 3 is 2.42 bits per heavy atom. The SMILES string of the molecule is CC(C)(C)c1nnsc1C(=O)NC1(C(=O)O)CCC1. The summed E-state index contributed by atoms with van der Waals surface area (Å²) in [5.74, 6) is -1.36. The van der Waals surface area contributed by atoms with E-state index in [0.29, 0.717) is 23.4 Å². The second-order valence-electron chi connectivity index (χ2n) is 5.90. The zero-order chi connectivity index (χ0) is 14.3. The number of carboxylic acids is 1. The van der Waals surface area contributed by atoms with Crippen molar-refractivity contribution in [1.29, 1.82) is 0 Å². The number of nitrogens with zero attached hydrogens (tertiary/aromatic N) is 2. The highest BCUT2D eigenvalue weighted by Crippen LogP contribution is 2.33. The summed E-state index contributed by atoms with van der Waals surface area (Å²) >= 11 is 1.01. The summed E-state index contributed by atoms with van der Waals surface area (Å²) in [5.41, 5.74) is -0.791. The van der Waals surface area contributed by atoms with Gasteiger partial charge in [-0.25, -0.2) is 4.79 Å². The third kappa shape index (κ3) is 2.47. The summed E-state index contributed by atoms with van der Waals surface area (Å²) in [5, 5.41) is 15.8. The Hall–Kier alpha value is -1.50.